The maximum Gasteiger partial charge on any atom is 0.472 e. The van der Waals surface area contributed by atoms with E-state index in [-0.39, 0.29) is 19.3 Å². The molecule has 0 radical (unpaired) electrons. The Morgan fingerprint density at radius 3 is 0.810 bits per heavy atom. The second-order valence-electron chi connectivity index (χ2n) is 27.2. The molecule has 18 heteroatoms. The van der Waals surface area contributed by atoms with Crippen molar-refractivity contribution in [2.45, 2.75) is 347 Å². The zero-order valence-corrected chi connectivity index (χ0v) is 67.6. The quantitative estimate of drug-likeness (QED) is 0.0146. The largest absolute Gasteiger partial charge is 0.472 e. The van der Waals surface area contributed by atoms with Crippen LogP contribution in [0.3, 0.4) is 0 Å². The van der Waals surface area contributed by atoms with Crippen LogP contribution in [-0.4, -0.2) is 95.9 Å². The summed E-state index contributed by atoms with van der Waals surface area (Å²) in [5.74, 6) is -1.60. The van der Waals surface area contributed by atoms with Gasteiger partial charge in [-0.3, -0.25) is 32.5 Å². The summed E-state index contributed by atoms with van der Waals surface area (Å²) in [6, 6.07) is 0. The van der Waals surface area contributed by atoms with Gasteiger partial charge in [-0.05, 0) is 135 Å². The Hall–Kier alpha value is -4.57. The average molecular weight is 1510 g/mol. The molecule has 0 amide bonds. The van der Waals surface area contributed by atoms with Gasteiger partial charge in [-0.15, -0.1) is 0 Å². The molecule has 0 aromatic rings. The minimum Gasteiger partial charge on any atom is -0.463 e. The third-order valence-corrected chi connectivity index (χ3v) is 18.9. The van der Waals surface area contributed by atoms with Gasteiger partial charge in [0, 0.05) is 19.3 Å². The van der Waals surface area contributed by atoms with Gasteiger partial charge < -0.3 is 34.2 Å². The first-order valence-electron chi connectivity index (χ1n) is 41.1. The van der Waals surface area contributed by atoms with Crippen LogP contribution in [0.5, 0.6) is 0 Å². The van der Waals surface area contributed by atoms with Crippen LogP contribution in [0.4, 0.5) is 0 Å². The first-order chi connectivity index (χ1) is 51.2. The van der Waals surface area contributed by atoms with Crippen LogP contribution in [0, 0.1) is 0 Å². The summed E-state index contributed by atoms with van der Waals surface area (Å²) >= 11 is 0. The second-order valence-corrected chi connectivity index (χ2v) is 30.1. The van der Waals surface area contributed by atoms with Crippen molar-refractivity contribution in [2.75, 3.05) is 39.6 Å². The molecule has 0 heterocycles. The molecule has 0 aliphatic carbocycles. The van der Waals surface area contributed by atoms with E-state index in [1.807, 2.05) is 0 Å². The highest BCUT2D eigenvalue weighted by Crippen LogP contribution is 2.45. The van der Waals surface area contributed by atoms with Crippen LogP contribution < -0.4 is 0 Å². The molecule has 105 heavy (non-hydrogen) atoms. The predicted octanol–water partition coefficient (Wildman–Crippen LogP) is 24.4. The molecule has 0 bridgehead atoms. The fraction of sp³-hybridized carbons (Fsp3) is 0.690. The van der Waals surface area contributed by atoms with E-state index in [9.17, 15) is 43.5 Å². The minimum atomic E-state index is -4.94. The normalized spacial score (nSPS) is 14.7. The summed E-state index contributed by atoms with van der Waals surface area (Å²) in [5.41, 5.74) is 0. The molecule has 0 aromatic heterocycles. The van der Waals surface area contributed by atoms with Crippen molar-refractivity contribution in [1.29, 1.82) is 0 Å². The Bertz CT molecular complexity index is 2490. The Morgan fingerprint density at radius 1 is 0.276 bits per heavy atom. The Morgan fingerprint density at radius 2 is 0.505 bits per heavy atom. The van der Waals surface area contributed by atoms with Crippen LogP contribution in [-0.2, 0) is 55.8 Å². The number of carbonyl (C=O) groups excluding carboxylic acids is 3. The van der Waals surface area contributed by atoms with E-state index in [4.69, 9.17) is 32.3 Å². The first-order valence-corrected chi connectivity index (χ1v) is 44.1. The Kier molecular flexibility index (Phi) is 75.6. The van der Waals surface area contributed by atoms with Gasteiger partial charge >= 0.3 is 33.6 Å². The van der Waals surface area contributed by atoms with E-state index in [0.29, 0.717) is 19.3 Å². The standard InChI is InChI=1S/C87H148O16P2/c1-4-7-10-13-16-19-22-24-26-28-30-32-34-36-37-38-39-40-41-42-43-45-47-48-50-52-54-56-59-61-64-67-70-73-85(90)97-76-82(88)77-99-104(93,94)100-78-83(89)79-101-105(95,96)102-81-84(103-87(92)75-72-69-66-63-58-21-18-15-12-9-6-3)80-98-86(91)74-71-68-65-62-60-57-55-53-51-49-46-44-35-33-31-29-27-25-23-20-17-14-11-8-5-2/h7-8,10-11,15-20,24-27,30-33,36-37,44,46,51,53,82-84,88-89H,4-6,9,12-14,21-23,28-29,34-35,38-43,45,47-50,52,54-81H2,1-3H3,(H,93,94)(H,95,96)/b10-7-,11-8-,18-15-,19-16-,20-17-,26-24-,27-25-,32-30-,33-31-,37-36-,46-44-,53-51-. The van der Waals surface area contributed by atoms with E-state index < -0.39 is 91.5 Å². The van der Waals surface area contributed by atoms with Crippen LogP contribution in [0.15, 0.2) is 146 Å². The summed E-state index contributed by atoms with van der Waals surface area (Å²) in [5, 5.41) is 20.6. The molecule has 0 aliphatic heterocycles. The van der Waals surface area contributed by atoms with E-state index in [2.05, 4.69) is 167 Å². The van der Waals surface area contributed by atoms with Gasteiger partial charge in [0.1, 0.15) is 25.4 Å². The summed E-state index contributed by atoms with van der Waals surface area (Å²) < 4.78 is 61.1. The van der Waals surface area contributed by atoms with Crippen molar-refractivity contribution in [2.24, 2.45) is 0 Å². The van der Waals surface area contributed by atoms with Gasteiger partial charge in [-0.2, -0.15) is 0 Å². The lowest BCUT2D eigenvalue weighted by molar-refractivity contribution is -0.161. The maximum absolute atomic E-state index is 12.9. The fourth-order valence-electron chi connectivity index (χ4n) is 10.8. The van der Waals surface area contributed by atoms with Gasteiger partial charge in [0.2, 0.25) is 0 Å². The number of allylic oxidation sites excluding steroid dienone is 24. The predicted molar refractivity (Wildman–Crippen MR) is 436 cm³/mol. The molecular weight excluding hydrogens is 1360 g/mol. The molecule has 0 rings (SSSR count). The van der Waals surface area contributed by atoms with E-state index in [0.717, 1.165) is 167 Å². The number of unbranched alkanes of at least 4 members (excludes halogenated alkanes) is 30. The number of rotatable bonds is 77. The monoisotopic (exact) mass is 1510 g/mol. The zero-order chi connectivity index (χ0) is 76.6. The third-order valence-electron chi connectivity index (χ3n) is 17.0. The van der Waals surface area contributed by atoms with Gasteiger partial charge in [0.15, 0.2) is 6.10 Å². The summed E-state index contributed by atoms with van der Waals surface area (Å²) in [6.07, 6.45) is 97.8. The number of ether oxygens (including phenoxy) is 3. The van der Waals surface area contributed by atoms with Gasteiger partial charge in [-0.1, -0.05) is 321 Å². The smallest absolute Gasteiger partial charge is 0.463 e. The molecule has 0 spiro atoms. The summed E-state index contributed by atoms with van der Waals surface area (Å²) in [7, 11) is -9.79. The summed E-state index contributed by atoms with van der Waals surface area (Å²) in [4.78, 5) is 58.6. The van der Waals surface area contributed by atoms with Gasteiger partial charge in [0.05, 0.1) is 26.4 Å². The number of phosphoric ester groups is 2. The SMILES string of the molecule is CC/C=C\C/C=C\C/C=C\C/C=C\C/C=C\C/C=C\CCCCCCCCC(=O)OCC(COP(=O)(O)OCC(O)COP(=O)(O)OCC(O)COC(=O)CCCCCCCCCCCCCCCCCCC/C=C\C/C=C\C/C=C\C/C=C\C/C=C\CC)OC(=O)CCCCCCC/C=C\CCCC. The molecule has 0 aliphatic rings. The molecule has 5 unspecified atom stereocenters. The number of carbonyl (C=O) groups is 3. The summed E-state index contributed by atoms with van der Waals surface area (Å²) in [6.45, 7) is 2.39. The fourth-order valence-corrected chi connectivity index (χ4v) is 12.4. The van der Waals surface area contributed by atoms with Crippen molar-refractivity contribution in [3.05, 3.63) is 146 Å². The molecule has 0 aromatic carbocycles. The number of hydrogen-bond donors (Lipinski definition) is 4. The zero-order valence-electron chi connectivity index (χ0n) is 65.9. The Labute approximate surface area is 638 Å². The molecule has 16 nitrogen and oxygen atoms in total. The van der Waals surface area contributed by atoms with Crippen molar-refractivity contribution in [3.8, 4) is 0 Å². The van der Waals surface area contributed by atoms with E-state index in [1.54, 1.807) is 0 Å². The molecule has 5 atom stereocenters. The average Bonchev–Trinajstić information content (AvgIpc) is 0.936. The highest BCUT2D eigenvalue weighted by atomic mass is 31.2. The molecular formula is C87H148O16P2. The molecule has 602 valence electrons. The highest BCUT2D eigenvalue weighted by Gasteiger charge is 2.29. The van der Waals surface area contributed by atoms with Gasteiger partial charge in [-0.25, -0.2) is 9.13 Å². The number of phosphoric acid groups is 2. The van der Waals surface area contributed by atoms with E-state index >= 15 is 0 Å². The number of aliphatic hydroxyl groups is 2. The van der Waals surface area contributed by atoms with Crippen molar-refractivity contribution in [1.82, 2.24) is 0 Å². The lowest BCUT2D eigenvalue weighted by Gasteiger charge is -2.21. The van der Waals surface area contributed by atoms with Crippen LogP contribution in [0.25, 0.3) is 0 Å². The lowest BCUT2D eigenvalue weighted by Crippen LogP contribution is -2.30. The second kappa shape index (κ2) is 79.0. The topological polar surface area (TPSA) is 231 Å². The number of esters is 3. The number of aliphatic hydroxyl groups excluding tert-OH is 2. The molecule has 0 saturated carbocycles. The van der Waals surface area contributed by atoms with Crippen LogP contribution in [0.1, 0.15) is 329 Å². The van der Waals surface area contributed by atoms with Crippen molar-refractivity contribution < 1.29 is 75.8 Å². The molecule has 0 fully saturated rings. The third kappa shape index (κ3) is 80.3. The molecule has 4 N–H and O–H groups in total. The van der Waals surface area contributed by atoms with Crippen LogP contribution >= 0.6 is 15.6 Å². The van der Waals surface area contributed by atoms with E-state index in [1.165, 1.54) is 103 Å². The highest BCUT2D eigenvalue weighted by molar-refractivity contribution is 7.47. The molecule has 0 saturated heterocycles. The lowest BCUT2D eigenvalue weighted by atomic mass is 10.0. The van der Waals surface area contributed by atoms with Crippen molar-refractivity contribution >= 4 is 33.6 Å². The minimum absolute atomic E-state index is 0.0877. The maximum atomic E-state index is 12.9. The number of hydrogen-bond acceptors (Lipinski definition) is 14. The van der Waals surface area contributed by atoms with Crippen molar-refractivity contribution in [3.63, 3.8) is 0 Å². The first kappa shape index (κ1) is 100. The Balaban J connectivity index is 4.40. The van der Waals surface area contributed by atoms with Gasteiger partial charge in [0.25, 0.3) is 0 Å². The van der Waals surface area contributed by atoms with Crippen LogP contribution in [0.2, 0.25) is 0 Å².